The van der Waals surface area contributed by atoms with Crippen LogP contribution in [0.25, 0.3) is 0 Å². The second-order valence-electron chi connectivity index (χ2n) is 4.13. The molecule has 0 radical (unpaired) electrons. The number of methoxy groups -OCH3 is 1. The molecular formula is C11H23NO. The molecule has 0 aliphatic heterocycles. The number of hydrogen-bond donors (Lipinski definition) is 1. The van der Waals surface area contributed by atoms with Crippen LogP contribution in [-0.4, -0.2) is 26.3 Å². The third-order valence-electron chi connectivity index (χ3n) is 3.10. The van der Waals surface area contributed by atoms with E-state index in [1.807, 2.05) is 0 Å². The van der Waals surface area contributed by atoms with Crippen LogP contribution in [0.4, 0.5) is 0 Å². The summed E-state index contributed by atoms with van der Waals surface area (Å²) in [4.78, 5) is 0. The van der Waals surface area contributed by atoms with Gasteiger partial charge in [0.15, 0.2) is 0 Å². The lowest BCUT2D eigenvalue weighted by molar-refractivity contribution is 0.192. The molecule has 1 atom stereocenters. The van der Waals surface area contributed by atoms with Crippen molar-refractivity contribution in [3.8, 4) is 0 Å². The number of nitrogens with one attached hydrogen (secondary N) is 1. The number of rotatable bonds is 6. The summed E-state index contributed by atoms with van der Waals surface area (Å²) in [5.74, 6) is 0.933. The summed E-state index contributed by atoms with van der Waals surface area (Å²) < 4.78 is 5.01. The zero-order valence-electron chi connectivity index (χ0n) is 9.01. The van der Waals surface area contributed by atoms with Gasteiger partial charge in [-0.1, -0.05) is 12.8 Å². The van der Waals surface area contributed by atoms with E-state index in [9.17, 15) is 0 Å². The van der Waals surface area contributed by atoms with Crippen LogP contribution < -0.4 is 5.32 Å². The van der Waals surface area contributed by atoms with Crippen molar-refractivity contribution in [1.82, 2.24) is 5.32 Å². The van der Waals surface area contributed by atoms with E-state index in [4.69, 9.17) is 4.74 Å². The Morgan fingerprint density at radius 2 is 2.08 bits per heavy atom. The first kappa shape index (κ1) is 11.0. The zero-order valence-corrected chi connectivity index (χ0v) is 9.01. The van der Waals surface area contributed by atoms with Crippen molar-refractivity contribution in [2.24, 2.45) is 5.92 Å². The maximum Gasteiger partial charge on any atom is 0.0474 e. The highest BCUT2D eigenvalue weighted by atomic mass is 16.5. The van der Waals surface area contributed by atoms with Crippen molar-refractivity contribution in [1.29, 1.82) is 0 Å². The van der Waals surface area contributed by atoms with Gasteiger partial charge in [0.1, 0.15) is 0 Å². The summed E-state index contributed by atoms with van der Waals surface area (Å²) in [6.45, 7) is 4.30. The first-order valence-electron chi connectivity index (χ1n) is 5.57. The minimum Gasteiger partial charge on any atom is -0.385 e. The molecule has 1 aliphatic rings. The van der Waals surface area contributed by atoms with Gasteiger partial charge in [0.2, 0.25) is 0 Å². The van der Waals surface area contributed by atoms with E-state index in [-0.39, 0.29) is 0 Å². The fourth-order valence-corrected chi connectivity index (χ4v) is 2.17. The van der Waals surface area contributed by atoms with Crippen LogP contribution in [0.2, 0.25) is 0 Å². The molecule has 1 fully saturated rings. The topological polar surface area (TPSA) is 21.3 Å². The van der Waals surface area contributed by atoms with E-state index in [2.05, 4.69) is 12.2 Å². The molecule has 1 aliphatic carbocycles. The second kappa shape index (κ2) is 6.39. The summed E-state index contributed by atoms with van der Waals surface area (Å²) in [5.41, 5.74) is 0. The van der Waals surface area contributed by atoms with Crippen LogP contribution in [-0.2, 0) is 4.74 Å². The Bertz CT molecular complexity index is 121. The molecule has 0 aromatic heterocycles. The normalized spacial score (nSPS) is 20.8. The van der Waals surface area contributed by atoms with Gasteiger partial charge in [0.05, 0.1) is 0 Å². The Morgan fingerprint density at radius 3 is 2.69 bits per heavy atom. The highest BCUT2D eigenvalue weighted by molar-refractivity contribution is 4.76. The quantitative estimate of drug-likeness (QED) is 0.640. The molecular weight excluding hydrogens is 162 g/mol. The predicted octanol–water partition coefficient (Wildman–Crippen LogP) is 2.19. The molecule has 0 aromatic carbocycles. The van der Waals surface area contributed by atoms with Gasteiger partial charge < -0.3 is 10.1 Å². The van der Waals surface area contributed by atoms with Crippen LogP contribution in [0, 0.1) is 5.92 Å². The lowest BCUT2D eigenvalue weighted by Crippen LogP contribution is -2.33. The standard InChI is InChI=1S/C11H23NO/c1-10(11-6-3-4-7-11)12-8-5-9-13-2/h10-12H,3-9H2,1-2H3/t10-/m1/s1. The van der Waals surface area contributed by atoms with E-state index in [1.165, 1.54) is 25.7 Å². The Kier molecular flexibility index (Phi) is 5.40. The van der Waals surface area contributed by atoms with Crippen molar-refractivity contribution in [3.63, 3.8) is 0 Å². The fourth-order valence-electron chi connectivity index (χ4n) is 2.17. The lowest BCUT2D eigenvalue weighted by Gasteiger charge is -2.20. The molecule has 0 aromatic rings. The Balaban J connectivity index is 1.99. The molecule has 2 heteroatoms. The minimum atomic E-state index is 0.708. The van der Waals surface area contributed by atoms with Crippen LogP contribution in [0.5, 0.6) is 0 Å². The van der Waals surface area contributed by atoms with Gasteiger partial charge in [-0.25, -0.2) is 0 Å². The number of ether oxygens (including phenoxy) is 1. The highest BCUT2D eigenvalue weighted by Crippen LogP contribution is 2.27. The molecule has 1 saturated carbocycles. The Morgan fingerprint density at radius 1 is 1.38 bits per heavy atom. The van der Waals surface area contributed by atoms with Crippen molar-refractivity contribution in [2.45, 2.75) is 45.1 Å². The van der Waals surface area contributed by atoms with Gasteiger partial charge in [0.25, 0.3) is 0 Å². The lowest BCUT2D eigenvalue weighted by atomic mass is 10.00. The predicted molar refractivity (Wildman–Crippen MR) is 55.9 cm³/mol. The molecule has 0 bridgehead atoms. The minimum absolute atomic E-state index is 0.708. The van der Waals surface area contributed by atoms with E-state index in [0.717, 1.165) is 25.5 Å². The summed E-state index contributed by atoms with van der Waals surface area (Å²) in [7, 11) is 1.76. The van der Waals surface area contributed by atoms with Crippen molar-refractivity contribution >= 4 is 0 Å². The van der Waals surface area contributed by atoms with Crippen LogP contribution in [0.1, 0.15) is 39.0 Å². The van der Waals surface area contributed by atoms with Gasteiger partial charge in [-0.2, -0.15) is 0 Å². The highest BCUT2D eigenvalue weighted by Gasteiger charge is 2.20. The molecule has 13 heavy (non-hydrogen) atoms. The summed E-state index contributed by atoms with van der Waals surface area (Å²) in [6, 6.07) is 0.708. The van der Waals surface area contributed by atoms with E-state index in [1.54, 1.807) is 7.11 Å². The van der Waals surface area contributed by atoms with Gasteiger partial charge in [-0.3, -0.25) is 0 Å². The first-order chi connectivity index (χ1) is 6.34. The van der Waals surface area contributed by atoms with Crippen LogP contribution >= 0.6 is 0 Å². The van der Waals surface area contributed by atoms with Gasteiger partial charge in [0, 0.05) is 19.8 Å². The Hall–Kier alpha value is -0.0800. The maximum absolute atomic E-state index is 5.01. The molecule has 1 rings (SSSR count). The molecule has 0 amide bonds. The SMILES string of the molecule is COCCCN[C@H](C)C1CCCC1. The van der Waals surface area contributed by atoms with Gasteiger partial charge in [-0.05, 0) is 38.6 Å². The van der Waals surface area contributed by atoms with Crippen molar-refractivity contribution in [2.75, 3.05) is 20.3 Å². The fraction of sp³-hybridized carbons (Fsp3) is 1.00. The monoisotopic (exact) mass is 185 g/mol. The molecule has 1 N–H and O–H groups in total. The largest absolute Gasteiger partial charge is 0.385 e. The van der Waals surface area contributed by atoms with Crippen LogP contribution in [0.3, 0.4) is 0 Å². The summed E-state index contributed by atoms with van der Waals surface area (Å²) in [5, 5.41) is 3.58. The second-order valence-corrected chi connectivity index (χ2v) is 4.13. The first-order valence-corrected chi connectivity index (χ1v) is 5.57. The average molecular weight is 185 g/mol. The van der Waals surface area contributed by atoms with Crippen molar-refractivity contribution < 1.29 is 4.74 Å². The van der Waals surface area contributed by atoms with E-state index in [0.29, 0.717) is 6.04 Å². The Labute approximate surface area is 82.0 Å². The molecule has 78 valence electrons. The van der Waals surface area contributed by atoms with Gasteiger partial charge in [-0.15, -0.1) is 0 Å². The molecule has 2 nitrogen and oxygen atoms in total. The number of hydrogen-bond acceptors (Lipinski definition) is 2. The van der Waals surface area contributed by atoms with Crippen LogP contribution in [0.15, 0.2) is 0 Å². The zero-order chi connectivity index (χ0) is 9.52. The smallest absolute Gasteiger partial charge is 0.0474 e. The average Bonchev–Trinajstić information content (AvgIpc) is 2.65. The molecule has 0 saturated heterocycles. The summed E-state index contributed by atoms with van der Waals surface area (Å²) >= 11 is 0. The third-order valence-corrected chi connectivity index (χ3v) is 3.10. The van der Waals surface area contributed by atoms with Gasteiger partial charge >= 0.3 is 0 Å². The van der Waals surface area contributed by atoms with Crippen molar-refractivity contribution in [3.05, 3.63) is 0 Å². The molecule has 0 heterocycles. The third kappa shape index (κ3) is 4.10. The summed E-state index contributed by atoms with van der Waals surface area (Å²) in [6.07, 6.45) is 6.87. The molecule has 0 unspecified atom stereocenters. The maximum atomic E-state index is 5.01. The van der Waals surface area contributed by atoms with E-state index < -0.39 is 0 Å². The van der Waals surface area contributed by atoms with E-state index >= 15 is 0 Å². The molecule has 0 spiro atoms.